The van der Waals surface area contributed by atoms with E-state index in [1.165, 1.54) is 0 Å². The first-order chi connectivity index (χ1) is 7.00. The Balaban J connectivity index is 2.69. The van der Waals surface area contributed by atoms with Crippen molar-refractivity contribution in [3.8, 4) is 0 Å². The lowest BCUT2D eigenvalue weighted by molar-refractivity contribution is -0.137. The van der Waals surface area contributed by atoms with Crippen LogP contribution in [0, 0.1) is 6.92 Å². The summed E-state index contributed by atoms with van der Waals surface area (Å²) in [6.07, 6.45) is -0.490. The second-order valence-electron chi connectivity index (χ2n) is 3.46. The van der Waals surface area contributed by atoms with Crippen LogP contribution in [-0.4, -0.2) is 16.2 Å². The number of hydrogen-bond acceptors (Lipinski definition) is 2. The van der Waals surface area contributed by atoms with Crippen LogP contribution in [-0.2, 0) is 4.79 Å². The van der Waals surface area contributed by atoms with E-state index in [1.54, 1.807) is 0 Å². The molecule has 0 saturated heterocycles. The molecule has 0 fully saturated rings. The van der Waals surface area contributed by atoms with Crippen molar-refractivity contribution >= 4 is 21.9 Å². The van der Waals surface area contributed by atoms with Crippen molar-refractivity contribution in [1.29, 1.82) is 0 Å². The van der Waals surface area contributed by atoms with E-state index >= 15 is 0 Å². The first-order valence-corrected chi connectivity index (χ1v) is 5.46. The Kier molecular flexibility index (Phi) is 4.29. The number of aliphatic carboxylic acids is 1. The zero-order valence-electron chi connectivity index (χ0n) is 8.40. The lowest BCUT2D eigenvalue weighted by Gasteiger charge is -2.10. The zero-order chi connectivity index (χ0) is 11.4. The highest BCUT2D eigenvalue weighted by molar-refractivity contribution is 9.10. The molecule has 1 aromatic rings. The van der Waals surface area contributed by atoms with E-state index in [9.17, 15) is 9.90 Å². The van der Waals surface area contributed by atoms with Gasteiger partial charge in [0.25, 0.3) is 0 Å². The largest absolute Gasteiger partial charge is 0.481 e. The molecule has 1 unspecified atom stereocenters. The third-order valence-electron chi connectivity index (χ3n) is 2.21. The van der Waals surface area contributed by atoms with Gasteiger partial charge in [0.1, 0.15) is 0 Å². The number of carboxylic acid groups (broad SMARTS) is 1. The van der Waals surface area contributed by atoms with Crippen molar-refractivity contribution in [3.63, 3.8) is 0 Å². The Labute approximate surface area is 96.9 Å². The minimum Gasteiger partial charge on any atom is -0.481 e. The van der Waals surface area contributed by atoms with Crippen molar-refractivity contribution in [1.82, 2.24) is 0 Å². The van der Waals surface area contributed by atoms with Gasteiger partial charge in [0.15, 0.2) is 0 Å². The molecule has 0 heterocycles. The number of carboxylic acids is 1. The maximum absolute atomic E-state index is 10.3. The maximum Gasteiger partial charge on any atom is 0.303 e. The number of hydrogen-bond donors (Lipinski definition) is 2. The molecule has 0 aliphatic heterocycles. The molecule has 4 heteroatoms. The van der Waals surface area contributed by atoms with Crippen molar-refractivity contribution in [2.24, 2.45) is 0 Å². The summed E-state index contributed by atoms with van der Waals surface area (Å²) in [6.45, 7) is 1.96. The smallest absolute Gasteiger partial charge is 0.303 e. The van der Waals surface area contributed by atoms with Crippen molar-refractivity contribution in [2.75, 3.05) is 0 Å². The lowest BCUT2D eigenvalue weighted by Crippen LogP contribution is -2.02. The third-order valence-corrected chi connectivity index (χ3v) is 3.07. The molecule has 0 aliphatic rings. The summed E-state index contributed by atoms with van der Waals surface area (Å²) in [6, 6.07) is 5.53. The number of aliphatic hydroxyl groups is 1. The second-order valence-corrected chi connectivity index (χ2v) is 4.31. The predicted molar refractivity (Wildman–Crippen MR) is 60.7 cm³/mol. The molecule has 0 bridgehead atoms. The zero-order valence-corrected chi connectivity index (χ0v) is 9.99. The molecule has 0 aromatic heterocycles. The van der Waals surface area contributed by atoms with E-state index in [1.807, 2.05) is 25.1 Å². The van der Waals surface area contributed by atoms with Crippen LogP contribution in [0.4, 0.5) is 0 Å². The fraction of sp³-hybridized carbons (Fsp3) is 0.364. The van der Waals surface area contributed by atoms with Crippen LogP contribution in [0.15, 0.2) is 22.7 Å². The van der Waals surface area contributed by atoms with Gasteiger partial charge in [-0.3, -0.25) is 4.79 Å². The second kappa shape index (κ2) is 5.28. The summed E-state index contributed by atoms with van der Waals surface area (Å²) < 4.78 is 0.925. The predicted octanol–water partition coefficient (Wildman–Crippen LogP) is 2.66. The third kappa shape index (κ3) is 3.64. The summed E-state index contributed by atoms with van der Waals surface area (Å²) in [5.41, 5.74) is 1.83. The van der Waals surface area contributed by atoms with Gasteiger partial charge in [-0.2, -0.15) is 0 Å². The molecule has 3 nitrogen and oxygen atoms in total. The van der Waals surface area contributed by atoms with Crippen LogP contribution in [0.25, 0.3) is 0 Å². The Hall–Kier alpha value is -0.870. The number of aliphatic hydroxyl groups excluding tert-OH is 1. The molecular formula is C11H13BrO3. The van der Waals surface area contributed by atoms with Gasteiger partial charge < -0.3 is 10.2 Å². The minimum atomic E-state index is -0.889. The van der Waals surface area contributed by atoms with Gasteiger partial charge in [-0.25, -0.2) is 0 Å². The molecule has 0 aliphatic carbocycles. The lowest BCUT2D eigenvalue weighted by atomic mass is 10.0. The molecule has 82 valence electrons. The molecule has 0 saturated carbocycles. The van der Waals surface area contributed by atoms with Gasteiger partial charge in [-0.1, -0.05) is 28.1 Å². The molecule has 0 spiro atoms. The SMILES string of the molecule is Cc1ccc(C(O)CCC(=O)O)cc1Br. The first-order valence-electron chi connectivity index (χ1n) is 4.66. The fourth-order valence-electron chi connectivity index (χ4n) is 1.24. The monoisotopic (exact) mass is 272 g/mol. The van der Waals surface area contributed by atoms with Crippen molar-refractivity contribution in [3.05, 3.63) is 33.8 Å². The Bertz CT molecular complexity index is 363. The number of benzene rings is 1. The van der Waals surface area contributed by atoms with Gasteiger partial charge in [0, 0.05) is 10.9 Å². The Morgan fingerprint density at radius 3 is 2.73 bits per heavy atom. The molecule has 2 N–H and O–H groups in total. The Morgan fingerprint density at radius 1 is 1.53 bits per heavy atom. The van der Waals surface area contributed by atoms with E-state index in [0.717, 1.165) is 15.6 Å². The number of carbonyl (C=O) groups is 1. The van der Waals surface area contributed by atoms with Crippen LogP contribution in [0.3, 0.4) is 0 Å². The first kappa shape index (κ1) is 12.2. The van der Waals surface area contributed by atoms with E-state index < -0.39 is 12.1 Å². The average Bonchev–Trinajstić information content (AvgIpc) is 2.18. The van der Waals surface area contributed by atoms with E-state index in [2.05, 4.69) is 15.9 Å². The van der Waals surface area contributed by atoms with Crippen LogP contribution in [0.2, 0.25) is 0 Å². The number of halogens is 1. The number of aryl methyl sites for hydroxylation is 1. The molecule has 0 radical (unpaired) electrons. The van der Waals surface area contributed by atoms with E-state index in [0.29, 0.717) is 0 Å². The fourth-order valence-corrected chi connectivity index (χ4v) is 1.64. The van der Waals surface area contributed by atoms with Crippen LogP contribution < -0.4 is 0 Å². The summed E-state index contributed by atoms with van der Waals surface area (Å²) in [5, 5.41) is 18.2. The standard InChI is InChI=1S/C11H13BrO3/c1-7-2-3-8(6-9(7)12)10(13)4-5-11(14)15/h2-3,6,10,13H,4-5H2,1H3,(H,14,15). The Morgan fingerprint density at radius 2 is 2.20 bits per heavy atom. The molecule has 0 amide bonds. The normalized spacial score (nSPS) is 12.5. The van der Waals surface area contributed by atoms with Gasteiger partial charge in [0.05, 0.1) is 6.10 Å². The summed E-state index contributed by atoms with van der Waals surface area (Å²) in [4.78, 5) is 10.3. The van der Waals surface area contributed by atoms with Crippen molar-refractivity contribution < 1.29 is 15.0 Å². The molecule has 1 atom stereocenters. The highest BCUT2D eigenvalue weighted by Crippen LogP contribution is 2.24. The summed E-state index contributed by atoms with van der Waals surface area (Å²) >= 11 is 3.37. The molecule has 15 heavy (non-hydrogen) atoms. The van der Waals surface area contributed by atoms with Crippen LogP contribution in [0.1, 0.15) is 30.1 Å². The highest BCUT2D eigenvalue weighted by Gasteiger charge is 2.10. The highest BCUT2D eigenvalue weighted by atomic mass is 79.9. The van der Waals surface area contributed by atoms with Gasteiger partial charge in [-0.15, -0.1) is 0 Å². The maximum atomic E-state index is 10.3. The summed E-state index contributed by atoms with van der Waals surface area (Å²) in [5.74, 6) is -0.889. The topological polar surface area (TPSA) is 57.5 Å². The number of rotatable bonds is 4. The van der Waals surface area contributed by atoms with E-state index in [-0.39, 0.29) is 12.8 Å². The minimum absolute atomic E-state index is 0.0212. The van der Waals surface area contributed by atoms with Crippen LogP contribution >= 0.6 is 15.9 Å². The quantitative estimate of drug-likeness (QED) is 0.886. The summed E-state index contributed by atoms with van der Waals surface area (Å²) in [7, 11) is 0. The van der Waals surface area contributed by atoms with Crippen LogP contribution in [0.5, 0.6) is 0 Å². The van der Waals surface area contributed by atoms with Gasteiger partial charge >= 0.3 is 5.97 Å². The van der Waals surface area contributed by atoms with Gasteiger partial charge in [-0.05, 0) is 30.5 Å². The molecule has 1 rings (SSSR count). The molecule has 1 aromatic carbocycles. The van der Waals surface area contributed by atoms with Crippen molar-refractivity contribution in [2.45, 2.75) is 25.9 Å². The molecular weight excluding hydrogens is 260 g/mol. The van der Waals surface area contributed by atoms with Gasteiger partial charge in [0.2, 0.25) is 0 Å². The van der Waals surface area contributed by atoms with E-state index in [4.69, 9.17) is 5.11 Å². The average molecular weight is 273 g/mol.